The van der Waals surface area contributed by atoms with Gasteiger partial charge >= 0.3 is 5.97 Å². The molecule has 2 aromatic carbocycles. The summed E-state index contributed by atoms with van der Waals surface area (Å²) in [4.78, 5) is 52.1. The second kappa shape index (κ2) is 8.75. The molecule has 3 amide bonds. The Morgan fingerprint density at radius 2 is 1.71 bits per heavy atom. The number of ether oxygens (including phenoxy) is 1. The van der Waals surface area contributed by atoms with Crippen LogP contribution in [0.4, 0.5) is 11.4 Å². The van der Waals surface area contributed by atoms with E-state index in [1.807, 2.05) is 32.9 Å². The van der Waals surface area contributed by atoms with Crippen molar-refractivity contribution in [2.75, 3.05) is 16.8 Å². The van der Waals surface area contributed by atoms with E-state index in [4.69, 9.17) is 4.74 Å². The monoisotopic (exact) mass is 536 g/mol. The van der Waals surface area contributed by atoms with E-state index >= 15 is 0 Å². The van der Waals surface area contributed by atoms with E-state index in [9.17, 15) is 19.2 Å². The molecule has 5 rings (SSSR count). The third-order valence-corrected chi connectivity index (χ3v) is 8.21. The summed E-state index contributed by atoms with van der Waals surface area (Å²) in [6.45, 7) is 5.39. The number of halogens is 1. The Hall–Kier alpha value is -3.26. The topological polar surface area (TPSA) is 92.8 Å². The number of hydrogen-bond donors (Lipinski definition) is 1. The van der Waals surface area contributed by atoms with Crippen LogP contribution in [0, 0.1) is 37.5 Å². The van der Waals surface area contributed by atoms with Crippen molar-refractivity contribution in [1.82, 2.24) is 0 Å². The summed E-state index contributed by atoms with van der Waals surface area (Å²) in [6.07, 6.45) is 3.01. The zero-order valence-corrected chi connectivity index (χ0v) is 21.2. The van der Waals surface area contributed by atoms with Gasteiger partial charge in [0.05, 0.1) is 23.1 Å². The average Bonchev–Trinajstić information content (AvgIpc) is 3.46. The van der Waals surface area contributed by atoms with Crippen molar-refractivity contribution in [2.45, 2.75) is 27.2 Å². The average molecular weight is 537 g/mol. The van der Waals surface area contributed by atoms with Crippen LogP contribution in [0.1, 0.15) is 34.8 Å². The maximum absolute atomic E-state index is 13.1. The molecule has 0 spiro atoms. The molecule has 3 aliphatic rings. The van der Waals surface area contributed by atoms with E-state index in [1.165, 1.54) is 22.6 Å². The highest BCUT2D eigenvalue weighted by atomic mass is 79.9. The zero-order valence-electron chi connectivity index (χ0n) is 19.6. The van der Waals surface area contributed by atoms with Crippen LogP contribution in [0.3, 0.4) is 0 Å². The fraction of sp³-hybridized carbons (Fsp3) is 0.333. The number of imide groups is 1. The lowest BCUT2D eigenvalue weighted by Crippen LogP contribution is -2.33. The Labute approximate surface area is 211 Å². The maximum Gasteiger partial charge on any atom is 0.338 e. The lowest BCUT2D eigenvalue weighted by atomic mass is 9.82. The summed E-state index contributed by atoms with van der Waals surface area (Å²) >= 11 is 3.45. The molecule has 1 saturated carbocycles. The fourth-order valence-corrected chi connectivity index (χ4v) is 6.05. The molecule has 1 heterocycles. The van der Waals surface area contributed by atoms with Gasteiger partial charge in [-0.2, -0.15) is 0 Å². The molecule has 2 bridgehead atoms. The van der Waals surface area contributed by atoms with Crippen molar-refractivity contribution in [3.8, 4) is 0 Å². The fourth-order valence-electron chi connectivity index (χ4n) is 5.59. The molecule has 4 atom stereocenters. The lowest BCUT2D eigenvalue weighted by molar-refractivity contribution is -0.123. The van der Waals surface area contributed by atoms with Crippen LogP contribution in [0.25, 0.3) is 0 Å². The number of amides is 3. The first-order valence-corrected chi connectivity index (χ1v) is 12.3. The first-order chi connectivity index (χ1) is 16.7. The second-order valence-corrected chi connectivity index (χ2v) is 10.4. The molecule has 1 N–H and O–H groups in total. The van der Waals surface area contributed by atoms with Gasteiger partial charge in [0.25, 0.3) is 5.91 Å². The van der Waals surface area contributed by atoms with Gasteiger partial charge in [0.15, 0.2) is 6.61 Å². The third kappa shape index (κ3) is 3.99. The summed E-state index contributed by atoms with van der Waals surface area (Å²) < 4.78 is 6.10. The molecule has 0 radical (unpaired) electrons. The molecule has 1 aliphatic heterocycles. The number of carbonyl (C=O) groups is 4. The number of allylic oxidation sites excluding steroid dienone is 2. The summed E-state index contributed by atoms with van der Waals surface area (Å²) in [6, 6.07) is 9.91. The molecule has 35 heavy (non-hydrogen) atoms. The molecule has 7 nitrogen and oxygen atoms in total. The van der Waals surface area contributed by atoms with Gasteiger partial charge in [-0.05, 0) is 86.6 Å². The second-order valence-electron chi connectivity index (χ2n) is 9.57. The predicted octanol–water partition coefficient (Wildman–Crippen LogP) is 4.56. The van der Waals surface area contributed by atoms with Crippen molar-refractivity contribution in [1.29, 1.82) is 0 Å². The van der Waals surface area contributed by atoms with E-state index < -0.39 is 18.5 Å². The van der Waals surface area contributed by atoms with E-state index in [-0.39, 0.29) is 41.0 Å². The minimum Gasteiger partial charge on any atom is -0.452 e. The first-order valence-electron chi connectivity index (χ1n) is 11.6. The SMILES string of the molecule is CC1=C[C@H]2C[C@H]1[C@H]1C(=O)N(c3ccc(C(=O)OCC(=O)Nc4cc(C)c(Br)cc4C)cc3)C(=O)[C@@H]12. The van der Waals surface area contributed by atoms with Crippen molar-refractivity contribution in [3.05, 3.63) is 69.2 Å². The van der Waals surface area contributed by atoms with Gasteiger partial charge in [-0.15, -0.1) is 0 Å². The number of nitrogens with one attached hydrogen (secondary N) is 1. The van der Waals surface area contributed by atoms with Gasteiger partial charge in [0, 0.05) is 10.2 Å². The van der Waals surface area contributed by atoms with Gasteiger partial charge in [0.1, 0.15) is 0 Å². The van der Waals surface area contributed by atoms with Crippen LogP contribution in [0.15, 0.2) is 52.5 Å². The molecular weight excluding hydrogens is 512 g/mol. The minimum absolute atomic E-state index is 0.136. The van der Waals surface area contributed by atoms with Crippen LogP contribution >= 0.6 is 15.9 Å². The maximum atomic E-state index is 13.1. The smallest absolute Gasteiger partial charge is 0.338 e. The molecule has 2 fully saturated rings. The Morgan fingerprint density at radius 3 is 2.43 bits per heavy atom. The van der Waals surface area contributed by atoms with Gasteiger partial charge in [-0.25, -0.2) is 4.79 Å². The standard InChI is InChI=1S/C27H25BrN2O5/c1-13-8-17-11-19(13)24-23(17)25(32)30(26(24)33)18-6-4-16(5-7-18)27(34)35-12-22(31)29-21-10-14(2)20(28)9-15(21)3/h4-10,17,19,23-24H,11-12H2,1-3H3,(H,29,31)/t17-,19+,23+,24+/m0/s1. The predicted molar refractivity (Wildman–Crippen MR) is 134 cm³/mol. The first kappa shape index (κ1) is 23.5. The van der Waals surface area contributed by atoms with Crippen molar-refractivity contribution < 1.29 is 23.9 Å². The summed E-state index contributed by atoms with van der Waals surface area (Å²) in [7, 11) is 0. The number of carbonyl (C=O) groups excluding carboxylic acids is 4. The highest BCUT2D eigenvalue weighted by Gasteiger charge is 2.60. The number of anilines is 2. The van der Waals surface area contributed by atoms with Crippen LogP contribution in [-0.4, -0.2) is 30.3 Å². The molecule has 0 aromatic heterocycles. The number of esters is 1. The van der Waals surface area contributed by atoms with Gasteiger partial charge in [-0.1, -0.05) is 27.6 Å². The number of nitrogens with zero attached hydrogens (tertiary/aromatic N) is 1. The van der Waals surface area contributed by atoms with Crippen molar-refractivity contribution in [3.63, 3.8) is 0 Å². The van der Waals surface area contributed by atoms with Crippen LogP contribution in [0.2, 0.25) is 0 Å². The third-order valence-electron chi connectivity index (χ3n) is 7.36. The summed E-state index contributed by atoms with van der Waals surface area (Å²) in [5.41, 5.74) is 4.38. The Morgan fingerprint density at radius 1 is 1.03 bits per heavy atom. The van der Waals surface area contributed by atoms with E-state index in [1.54, 1.807) is 12.1 Å². The Bertz CT molecular complexity index is 1300. The highest BCUT2D eigenvalue weighted by Crippen LogP contribution is 2.55. The molecule has 8 heteroatoms. The number of aryl methyl sites for hydroxylation is 2. The van der Waals surface area contributed by atoms with Crippen LogP contribution < -0.4 is 10.2 Å². The normalized spacial score (nSPS) is 24.5. The number of rotatable bonds is 5. The van der Waals surface area contributed by atoms with E-state index in [0.717, 1.165) is 22.0 Å². The van der Waals surface area contributed by atoms with Crippen LogP contribution in [0.5, 0.6) is 0 Å². The molecule has 0 unspecified atom stereocenters. The molecule has 2 aromatic rings. The number of hydrogen-bond acceptors (Lipinski definition) is 5. The largest absolute Gasteiger partial charge is 0.452 e. The molecular formula is C27H25BrN2O5. The number of fused-ring (bicyclic) bond motifs is 5. The quantitative estimate of drug-likeness (QED) is 0.343. The lowest BCUT2D eigenvalue weighted by Gasteiger charge is -2.19. The van der Waals surface area contributed by atoms with E-state index in [0.29, 0.717) is 11.4 Å². The molecule has 1 saturated heterocycles. The van der Waals surface area contributed by atoms with Crippen molar-refractivity contribution >= 4 is 51.0 Å². The molecule has 2 aliphatic carbocycles. The van der Waals surface area contributed by atoms with Gasteiger partial charge in [-0.3, -0.25) is 19.3 Å². The van der Waals surface area contributed by atoms with Gasteiger partial charge in [0.2, 0.25) is 11.8 Å². The Balaban J connectivity index is 1.21. The minimum atomic E-state index is -0.663. The number of benzene rings is 2. The van der Waals surface area contributed by atoms with Gasteiger partial charge < -0.3 is 10.1 Å². The van der Waals surface area contributed by atoms with Crippen molar-refractivity contribution in [2.24, 2.45) is 23.7 Å². The zero-order chi connectivity index (χ0) is 25.0. The summed E-state index contributed by atoms with van der Waals surface area (Å²) in [5, 5.41) is 2.75. The summed E-state index contributed by atoms with van der Waals surface area (Å²) in [5.74, 6) is -1.71. The van der Waals surface area contributed by atoms with Crippen LogP contribution in [-0.2, 0) is 19.1 Å². The molecule has 180 valence electrons. The Kier molecular flexibility index (Phi) is 5.87. The van der Waals surface area contributed by atoms with E-state index in [2.05, 4.69) is 27.3 Å². The highest BCUT2D eigenvalue weighted by molar-refractivity contribution is 9.10.